The predicted octanol–water partition coefficient (Wildman–Crippen LogP) is 4.64. The molecule has 1 N–H and O–H groups in total. The van der Waals surface area contributed by atoms with Gasteiger partial charge in [0.15, 0.2) is 6.16 Å². The molecule has 2 nitrogen and oxygen atoms in total. The van der Waals surface area contributed by atoms with Crippen LogP contribution in [0.1, 0.15) is 32.1 Å². The molecular formula is C22H27NiO2P. The Morgan fingerprint density at radius 3 is 1.96 bits per heavy atom. The van der Waals surface area contributed by atoms with E-state index in [4.69, 9.17) is 5.11 Å². The molecule has 142 valence electrons. The molecule has 0 bridgehead atoms. The van der Waals surface area contributed by atoms with Crippen LogP contribution < -0.4 is 10.6 Å². The molecule has 0 saturated carbocycles. The van der Waals surface area contributed by atoms with Crippen LogP contribution in [0.2, 0.25) is 0 Å². The van der Waals surface area contributed by atoms with Gasteiger partial charge in [-0.2, -0.15) is 12.8 Å². The van der Waals surface area contributed by atoms with Gasteiger partial charge in [0.1, 0.15) is 0 Å². The molecule has 2 aromatic carbocycles. The standard InChI is InChI=1S/C14H13O2P.C8H13.Ni/c15-14(16)11-17(12-7-3-1-4-8-12)13-9-5-2-6-10-13;1-2-4-6-8-7-5-3-1;/h1-10H,11H2,(H,15,16);1-2,7H,3-6,8H2;/q;-1;/p+1/b;2-1-;. The van der Waals surface area contributed by atoms with Crippen LogP contribution in [-0.2, 0) is 21.3 Å². The van der Waals surface area contributed by atoms with Crippen LogP contribution in [0.3, 0.4) is 0 Å². The maximum absolute atomic E-state index is 11.0. The van der Waals surface area contributed by atoms with Crippen molar-refractivity contribution in [3.63, 3.8) is 0 Å². The van der Waals surface area contributed by atoms with Crippen molar-refractivity contribution in [3.05, 3.63) is 79.2 Å². The molecule has 0 heterocycles. The van der Waals surface area contributed by atoms with Gasteiger partial charge in [-0.3, -0.25) is 0 Å². The van der Waals surface area contributed by atoms with Gasteiger partial charge in [0.2, 0.25) is 0 Å². The zero-order chi connectivity index (χ0) is 17.7. The van der Waals surface area contributed by atoms with Crippen LogP contribution in [0.15, 0.2) is 72.8 Å². The molecule has 26 heavy (non-hydrogen) atoms. The Kier molecular flexibility index (Phi) is 11.9. The van der Waals surface area contributed by atoms with Gasteiger partial charge < -0.3 is 11.5 Å². The second-order valence-corrected chi connectivity index (χ2v) is 8.51. The summed E-state index contributed by atoms with van der Waals surface area (Å²) in [7, 11) is -1.20. The van der Waals surface area contributed by atoms with Gasteiger partial charge >= 0.3 is 5.97 Å². The van der Waals surface area contributed by atoms with Crippen molar-refractivity contribution in [1.29, 1.82) is 0 Å². The van der Waals surface area contributed by atoms with Crippen molar-refractivity contribution in [3.8, 4) is 0 Å². The first-order valence-corrected chi connectivity index (χ1v) is 10.6. The van der Waals surface area contributed by atoms with E-state index in [1.54, 1.807) is 0 Å². The fraction of sp³-hybridized carbons (Fsp3) is 0.273. The van der Waals surface area contributed by atoms with Crippen molar-refractivity contribution in [2.24, 2.45) is 0 Å². The number of rotatable bonds is 4. The van der Waals surface area contributed by atoms with Crippen LogP contribution in [0, 0.1) is 6.42 Å². The van der Waals surface area contributed by atoms with Gasteiger partial charge in [-0.05, 0) is 30.7 Å². The van der Waals surface area contributed by atoms with Crippen molar-refractivity contribution in [1.82, 2.24) is 0 Å². The summed E-state index contributed by atoms with van der Waals surface area (Å²) in [4.78, 5) is 11.0. The average Bonchev–Trinajstić information content (AvgIpc) is 2.61. The Labute approximate surface area is 168 Å². The molecule has 2 aromatic rings. The van der Waals surface area contributed by atoms with Crippen molar-refractivity contribution in [2.75, 3.05) is 6.16 Å². The SMILES string of the molecule is C1=C\CCC[CH-]CC/1.O=C(O)C[PH+](c1ccccc1)c1ccccc1.[Ni]. The number of aliphatic carboxylic acids is 1. The van der Waals surface area contributed by atoms with Crippen molar-refractivity contribution in [2.45, 2.75) is 32.1 Å². The van der Waals surface area contributed by atoms with Gasteiger partial charge in [0, 0.05) is 16.5 Å². The third-order valence-corrected chi connectivity index (χ3v) is 6.77. The summed E-state index contributed by atoms with van der Waals surface area (Å²) in [5.41, 5.74) is 0. The number of allylic oxidation sites excluding steroid dienone is 2. The molecule has 0 aromatic heterocycles. The maximum Gasteiger partial charge on any atom is 0.342 e. The Bertz CT molecular complexity index is 594. The quantitative estimate of drug-likeness (QED) is 0.343. The van der Waals surface area contributed by atoms with E-state index in [0.717, 1.165) is 10.6 Å². The van der Waals surface area contributed by atoms with Crippen LogP contribution in [0.5, 0.6) is 0 Å². The Morgan fingerprint density at radius 1 is 0.885 bits per heavy atom. The van der Waals surface area contributed by atoms with Crippen LogP contribution in [0.4, 0.5) is 0 Å². The summed E-state index contributed by atoms with van der Waals surface area (Å²) in [6.45, 7) is 0. The van der Waals surface area contributed by atoms with Gasteiger partial charge in [-0.1, -0.05) is 61.4 Å². The van der Waals surface area contributed by atoms with E-state index in [2.05, 4.69) is 18.6 Å². The molecule has 0 amide bonds. The summed E-state index contributed by atoms with van der Waals surface area (Å²) in [5, 5.41) is 11.3. The molecule has 0 radical (unpaired) electrons. The number of carbonyl (C=O) groups is 1. The van der Waals surface area contributed by atoms with Crippen molar-refractivity contribution < 1.29 is 26.4 Å². The molecule has 0 atom stereocenters. The van der Waals surface area contributed by atoms with E-state index in [1.165, 1.54) is 32.1 Å². The summed E-state index contributed by atoms with van der Waals surface area (Å²) in [6.07, 6.45) is 13.7. The fourth-order valence-corrected chi connectivity index (χ4v) is 5.01. The van der Waals surface area contributed by atoms with Crippen LogP contribution in [0.25, 0.3) is 0 Å². The molecule has 4 heteroatoms. The maximum atomic E-state index is 11.0. The van der Waals surface area contributed by atoms with E-state index in [-0.39, 0.29) is 22.7 Å². The largest absolute Gasteiger partial charge is 0.479 e. The minimum absolute atomic E-state index is 0. The Morgan fingerprint density at radius 2 is 1.42 bits per heavy atom. The van der Waals surface area contributed by atoms with E-state index in [1.807, 2.05) is 60.7 Å². The molecule has 0 spiro atoms. The summed E-state index contributed by atoms with van der Waals surface area (Å²) >= 11 is 0. The number of hydrogen-bond donors (Lipinski definition) is 1. The molecule has 1 aliphatic carbocycles. The summed E-state index contributed by atoms with van der Waals surface area (Å²) in [6, 6.07) is 19.8. The Hall–Kier alpha value is -1.43. The molecule has 0 saturated heterocycles. The minimum Gasteiger partial charge on any atom is -0.479 e. The molecule has 1 aliphatic rings. The molecule has 3 rings (SSSR count). The van der Waals surface area contributed by atoms with E-state index in [0.29, 0.717) is 0 Å². The Balaban J connectivity index is 0.000000318. The number of carboxylic acids is 1. The zero-order valence-corrected chi connectivity index (χ0v) is 16.9. The van der Waals surface area contributed by atoms with Gasteiger partial charge in [-0.25, -0.2) is 4.79 Å². The van der Waals surface area contributed by atoms with Crippen molar-refractivity contribution >= 4 is 24.5 Å². The van der Waals surface area contributed by atoms with E-state index in [9.17, 15) is 4.79 Å². The molecule has 0 aliphatic heterocycles. The first kappa shape index (κ1) is 22.6. The van der Waals surface area contributed by atoms with Crippen LogP contribution in [-0.4, -0.2) is 17.2 Å². The minimum atomic E-state index is -1.20. The third-order valence-electron chi connectivity index (χ3n) is 4.06. The normalized spacial score (nSPS) is 14.8. The van der Waals surface area contributed by atoms with Crippen LogP contribution >= 0.6 is 7.92 Å². The van der Waals surface area contributed by atoms with E-state index < -0.39 is 13.9 Å². The zero-order valence-electron chi connectivity index (χ0n) is 14.9. The van der Waals surface area contributed by atoms with Gasteiger partial charge in [0.05, 0.1) is 18.5 Å². The topological polar surface area (TPSA) is 37.3 Å². The average molecular weight is 413 g/mol. The third kappa shape index (κ3) is 8.79. The monoisotopic (exact) mass is 412 g/mol. The first-order valence-electron chi connectivity index (χ1n) is 8.92. The summed E-state index contributed by atoms with van der Waals surface area (Å²) < 4.78 is 0. The number of hydrogen-bond acceptors (Lipinski definition) is 1. The number of benzene rings is 2. The predicted molar refractivity (Wildman–Crippen MR) is 109 cm³/mol. The summed E-state index contributed by atoms with van der Waals surface area (Å²) in [5.74, 6) is -0.730. The fourth-order valence-electron chi connectivity index (χ4n) is 2.77. The number of carboxylic acid groups (broad SMARTS) is 1. The second-order valence-electron chi connectivity index (χ2n) is 6.05. The molecular weight excluding hydrogens is 386 g/mol. The molecule has 0 fully saturated rings. The second kappa shape index (κ2) is 13.7. The first-order chi connectivity index (χ1) is 12.3. The van der Waals surface area contributed by atoms with E-state index >= 15 is 0 Å². The smallest absolute Gasteiger partial charge is 0.342 e. The molecule has 0 unspecified atom stereocenters. The van der Waals surface area contributed by atoms with Gasteiger partial charge in [-0.15, -0.1) is 0 Å². The van der Waals surface area contributed by atoms with Gasteiger partial charge in [0.25, 0.3) is 0 Å².